The van der Waals surface area contributed by atoms with Crippen LogP contribution in [0.4, 0.5) is 16.2 Å². The number of anilines is 2. The van der Waals surface area contributed by atoms with Crippen LogP contribution in [0.3, 0.4) is 0 Å². The Labute approximate surface area is 124 Å². The van der Waals surface area contributed by atoms with E-state index in [-0.39, 0.29) is 11.9 Å². The second-order valence-electron chi connectivity index (χ2n) is 5.88. The van der Waals surface area contributed by atoms with Gasteiger partial charge in [-0.2, -0.15) is 0 Å². The highest BCUT2D eigenvalue weighted by molar-refractivity contribution is 5.97. The molecule has 5 heteroatoms. The Hall–Kier alpha value is -2.04. The van der Waals surface area contributed by atoms with E-state index in [1.54, 1.807) is 11.9 Å². The third-order valence-electron chi connectivity index (χ3n) is 4.37. The van der Waals surface area contributed by atoms with Crippen molar-refractivity contribution in [2.24, 2.45) is 0 Å². The van der Waals surface area contributed by atoms with Crippen LogP contribution in [-0.2, 0) is 11.2 Å². The Kier molecular flexibility index (Phi) is 3.82. The van der Waals surface area contributed by atoms with E-state index in [9.17, 15) is 9.59 Å². The molecule has 0 atom stereocenters. The molecule has 0 bridgehead atoms. The molecule has 0 unspecified atom stereocenters. The Morgan fingerprint density at radius 1 is 1.24 bits per heavy atom. The monoisotopic (exact) mass is 287 g/mol. The number of aryl methyl sites for hydroxylation is 1. The molecule has 112 valence electrons. The number of hydrogen-bond donors (Lipinski definition) is 2. The summed E-state index contributed by atoms with van der Waals surface area (Å²) in [6, 6.07) is 5.89. The van der Waals surface area contributed by atoms with Gasteiger partial charge in [-0.3, -0.25) is 4.79 Å². The largest absolute Gasteiger partial charge is 0.335 e. The molecule has 1 fully saturated rings. The topological polar surface area (TPSA) is 61.4 Å². The Morgan fingerprint density at radius 2 is 2.00 bits per heavy atom. The van der Waals surface area contributed by atoms with Crippen molar-refractivity contribution in [1.82, 2.24) is 5.32 Å². The molecule has 5 nitrogen and oxygen atoms in total. The van der Waals surface area contributed by atoms with Crippen LogP contribution < -0.4 is 15.5 Å². The van der Waals surface area contributed by atoms with Gasteiger partial charge < -0.3 is 15.5 Å². The standard InChI is InChI=1S/C16H21N3O2/c1-19-14-8-7-13(10-11(14)6-9-15(19)20)18-16(21)17-12-4-2-3-5-12/h7-8,10,12H,2-6,9H2,1H3,(H2,17,18,21). The van der Waals surface area contributed by atoms with Crippen molar-refractivity contribution in [3.63, 3.8) is 0 Å². The highest BCUT2D eigenvalue weighted by Crippen LogP contribution is 2.29. The molecule has 1 aliphatic carbocycles. The van der Waals surface area contributed by atoms with E-state index in [0.717, 1.165) is 36.2 Å². The summed E-state index contributed by atoms with van der Waals surface area (Å²) >= 11 is 0. The first-order chi connectivity index (χ1) is 10.1. The molecule has 1 aromatic rings. The molecule has 3 amide bonds. The van der Waals surface area contributed by atoms with Crippen LogP contribution in [0.2, 0.25) is 0 Å². The van der Waals surface area contributed by atoms with Gasteiger partial charge in [-0.15, -0.1) is 0 Å². The minimum Gasteiger partial charge on any atom is -0.335 e. The summed E-state index contributed by atoms with van der Waals surface area (Å²) in [6.45, 7) is 0. The van der Waals surface area contributed by atoms with Gasteiger partial charge in [0.2, 0.25) is 5.91 Å². The molecule has 1 aromatic carbocycles. The van der Waals surface area contributed by atoms with E-state index < -0.39 is 0 Å². The lowest BCUT2D eigenvalue weighted by molar-refractivity contribution is -0.118. The second-order valence-corrected chi connectivity index (χ2v) is 5.88. The third-order valence-corrected chi connectivity index (χ3v) is 4.37. The Balaban J connectivity index is 1.66. The molecular formula is C16H21N3O2. The first kappa shape index (κ1) is 13.9. The predicted molar refractivity (Wildman–Crippen MR) is 82.6 cm³/mol. The van der Waals surface area contributed by atoms with Crippen molar-refractivity contribution in [2.75, 3.05) is 17.3 Å². The fraction of sp³-hybridized carbons (Fsp3) is 0.500. The zero-order chi connectivity index (χ0) is 14.8. The van der Waals surface area contributed by atoms with Crippen LogP contribution in [-0.4, -0.2) is 25.0 Å². The second kappa shape index (κ2) is 5.76. The summed E-state index contributed by atoms with van der Waals surface area (Å²) in [5, 5.41) is 5.90. The van der Waals surface area contributed by atoms with Crippen molar-refractivity contribution in [2.45, 2.75) is 44.6 Å². The van der Waals surface area contributed by atoms with Gasteiger partial charge in [0.1, 0.15) is 0 Å². The van der Waals surface area contributed by atoms with Crippen LogP contribution in [0.15, 0.2) is 18.2 Å². The normalized spacial score (nSPS) is 18.5. The molecule has 0 radical (unpaired) electrons. The van der Waals surface area contributed by atoms with Crippen molar-refractivity contribution in [1.29, 1.82) is 0 Å². The van der Waals surface area contributed by atoms with Gasteiger partial charge in [0.15, 0.2) is 0 Å². The van der Waals surface area contributed by atoms with Crippen LogP contribution in [0.25, 0.3) is 0 Å². The molecule has 21 heavy (non-hydrogen) atoms. The average Bonchev–Trinajstić information content (AvgIpc) is 2.96. The number of fused-ring (bicyclic) bond motifs is 1. The van der Waals surface area contributed by atoms with Gasteiger partial charge in [0, 0.05) is 30.9 Å². The first-order valence-corrected chi connectivity index (χ1v) is 7.60. The molecule has 2 N–H and O–H groups in total. The van der Waals surface area contributed by atoms with E-state index in [1.165, 1.54) is 12.8 Å². The predicted octanol–water partition coefficient (Wildman–Crippen LogP) is 2.66. The van der Waals surface area contributed by atoms with Gasteiger partial charge in [0.25, 0.3) is 0 Å². The van der Waals surface area contributed by atoms with Crippen molar-refractivity contribution >= 4 is 23.3 Å². The number of amides is 3. The van der Waals surface area contributed by atoms with Gasteiger partial charge in [-0.05, 0) is 43.0 Å². The lowest BCUT2D eigenvalue weighted by atomic mass is 10.0. The molecule has 0 spiro atoms. The van der Waals surface area contributed by atoms with E-state index in [2.05, 4.69) is 10.6 Å². The first-order valence-electron chi connectivity index (χ1n) is 7.60. The molecule has 1 saturated carbocycles. The third kappa shape index (κ3) is 3.01. The fourth-order valence-electron chi connectivity index (χ4n) is 3.16. The maximum Gasteiger partial charge on any atom is 0.319 e. The van der Waals surface area contributed by atoms with Crippen LogP contribution >= 0.6 is 0 Å². The lowest BCUT2D eigenvalue weighted by Gasteiger charge is -2.26. The van der Waals surface area contributed by atoms with E-state index >= 15 is 0 Å². The summed E-state index contributed by atoms with van der Waals surface area (Å²) in [4.78, 5) is 25.3. The van der Waals surface area contributed by atoms with Gasteiger partial charge in [-0.25, -0.2) is 4.79 Å². The minimum atomic E-state index is -0.137. The molecular weight excluding hydrogens is 266 g/mol. The maximum absolute atomic E-state index is 12.0. The molecule has 3 rings (SSSR count). The Bertz CT molecular complexity index is 565. The smallest absolute Gasteiger partial charge is 0.319 e. The number of benzene rings is 1. The number of carbonyl (C=O) groups excluding carboxylic acids is 2. The van der Waals surface area contributed by atoms with Gasteiger partial charge >= 0.3 is 6.03 Å². The lowest BCUT2D eigenvalue weighted by Crippen LogP contribution is -2.36. The number of hydrogen-bond acceptors (Lipinski definition) is 2. The maximum atomic E-state index is 12.0. The van der Waals surface area contributed by atoms with E-state index in [1.807, 2.05) is 18.2 Å². The molecule has 1 aliphatic heterocycles. The molecule has 0 aromatic heterocycles. The SMILES string of the molecule is CN1C(=O)CCc2cc(NC(=O)NC3CCCC3)ccc21. The zero-order valence-corrected chi connectivity index (χ0v) is 12.3. The summed E-state index contributed by atoms with van der Waals surface area (Å²) in [5.74, 6) is 0.141. The van der Waals surface area contributed by atoms with Crippen LogP contribution in [0, 0.1) is 0 Å². The van der Waals surface area contributed by atoms with Gasteiger partial charge in [0.05, 0.1) is 0 Å². The van der Waals surface area contributed by atoms with Crippen molar-refractivity contribution < 1.29 is 9.59 Å². The highest BCUT2D eigenvalue weighted by Gasteiger charge is 2.21. The van der Waals surface area contributed by atoms with Crippen LogP contribution in [0.5, 0.6) is 0 Å². The van der Waals surface area contributed by atoms with Crippen molar-refractivity contribution in [3.8, 4) is 0 Å². The average molecular weight is 287 g/mol. The van der Waals surface area contributed by atoms with E-state index in [4.69, 9.17) is 0 Å². The van der Waals surface area contributed by atoms with E-state index in [0.29, 0.717) is 12.5 Å². The van der Waals surface area contributed by atoms with Gasteiger partial charge in [-0.1, -0.05) is 12.8 Å². The summed E-state index contributed by atoms with van der Waals surface area (Å²) in [7, 11) is 1.79. The number of rotatable bonds is 2. The quantitative estimate of drug-likeness (QED) is 0.878. The fourth-order valence-corrected chi connectivity index (χ4v) is 3.16. The number of nitrogens with one attached hydrogen (secondary N) is 2. The minimum absolute atomic E-state index is 0.137. The molecule has 0 saturated heterocycles. The highest BCUT2D eigenvalue weighted by atomic mass is 16.2. The van der Waals surface area contributed by atoms with Crippen LogP contribution in [0.1, 0.15) is 37.7 Å². The Morgan fingerprint density at radius 3 is 2.76 bits per heavy atom. The number of carbonyl (C=O) groups is 2. The summed E-state index contributed by atoms with van der Waals surface area (Å²) < 4.78 is 0. The summed E-state index contributed by atoms with van der Waals surface area (Å²) in [6.07, 6.45) is 5.81. The zero-order valence-electron chi connectivity index (χ0n) is 12.3. The molecule has 2 aliphatic rings. The summed E-state index contributed by atoms with van der Waals surface area (Å²) in [5.41, 5.74) is 2.83. The van der Waals surface area contributed by atoms with Crippen molar-refractivity contribution in [3.05, 3.63) is 23.8 Å². The molecule has 1 heterocycles. The number of urea groups is 1. The number of nitrogens with zero attached hydrogens (tertiary/aromatic N) is 1.